The zero-order chi connectivity index (χ0) is 13.1. The molecule has 1 aliphatic heterocycles. The molecule has 0 aromatic carbocycles. The lowest BCUT2D eigenvalue weighted by atomic mass is 10.1. The average Bonchev–Trinajstić information content (AvgIpc) is 2.54. The van der Waals surface area contributed by atoms with Gasteiger partial charge in [0.15, 0.2) is 6.73 Å². The van der Waals surface area contributed by atoms with Gasteiger partial charge in [-0.15, -0.1) is 0 Å². The summed E-state index contributed by atoms with van der Waals surface area (Å²) >= 11 is 0. The fraction of sp³-hybridized carbons (Fsp3) is 0.833. The van der Waals surface area contributed by atoms with E-state index in [2.05, 4.69) is 0 Å². The van der Waals surface area contributed by atoms with E-state index >= 15 is 0 Å². The van der Waals surface area contributed by atoms with Gasteiger partial charge in [0, 0.05) is 0 Å². The molecule has 1 rings (SSSR count). The summed E-state index contributed by atoms with van der Waals surface area (Å²) in [5.74, 6) is -0.329. The Hall–Kier alpha value is -1.26. The third-order valence-electron chi connectivity index (χ3n) is 2.45. The van der Waals surface area contributed by atoms with E-state index in [4.69, 9.17) is 9.47 Å². The second kappa shape index (κ2) is 5.38. The summed E-state index contributed by atoms with van der Waals surface area (Å²) in [5.41, 5.74) is -0.558. The molecule has 0 radical (unpaired) electrons. The highest BCUT2D eigenvalue weighted by Gasteiger charge is 2.39. The van der Waals surface area contributed by atoms with Crippen LogP contribution in [0.15, 0.2) is 0 Å². The van der Waals surface area contributed by atoms with E-state index in [1.807, 2.05) is 6.92 Å². The summed E-state index contributed by atoms with van der Waals surface area (Å²) in [6.07, 6.45) is 2.02. The SMILES string of the molecule is CCCC[C@H]1C(=O)OCN1C(=O)OC(C)(C)C. The third-order valence-corrected chi connectivity index (χ3v) is 2.45. The van der Waals surface area contributed by atoms with Gasteiger partial charge in [0.2, 0.25) is 0 Å². The normalized spacial score (nSPS) is 20.4. The van der Waals surface area contributed by atoms with Crippen molar-refractivity contribution in [3.63, 3.8) is 0 Å². The highest BCUT2D eigenvalue weighted by molar-refractivity contribution is 5.83. The van der Waals surface area contributed by atoms with Gasteiger partial charge in [-0.1, -0.05) is 19.8 Å². The van der Waals surface area contributed by atoms with Gasteiger partial charge in [0.1, 0.15) is 11.6 Å². The summed E-state index contributed by atoms with van der Waals surface area (Å²) in [7, 11) is 0. The highest BCUT2D eigenvalue weighted by atomic mass is 16.6. The molecule has 1 saturated heterocycles. The van der Waals surface area contributed by atoms with Gasteiger partial charge in [0.05, 0.1) is 0 Å². The quantitative estimate of drug-likeness (QED) is 0.714. The molecule has 0 bridgehead atoms. The Bertz CT molecular complexity index is 295. The van der Waals surface area contributed by atoms with Crippen molar-refractivity contribution in [2.45, 2.75) is 58.6 Å². The van der Waals surface area contributed by atoms with Gasteiger partial charge >= 0.3 is 12.1 Å². The number of amides is 1. The summed E-state index contributed by atoms with van der Waals surface area (Å²) in [6, 6.07) is -0.482. The molecule has 1 amide bonds. The highest BCUT2D eigenvalue weighted by Crippen LogP contribution is 2.20. The number of carbonyl (C=O) groups excluding carboxylic acids is 2. The maximum Gasteiger partial charge on any atom is 0.413 e. The number of esters is 1. The standard InChI is InChI=1S/C12H21NO4/c1-5-6-7-9-10(14)16-8-13(9)11(15)17-12(2,3)4/h9H,5-8H2,1-4H3/t9-/m0/s1. The second-order valence-electron chi connectivity index (χ2n) is 5.20. The first kappa shape index (κ1) is 13.8. The first-order valence-electron chi connectivity index (χ1n) is 6.01. The molecule has 0 aromatic rings. The monoisotopic (exact) mass is 243 g/mol. The number of unbranched alkanes of at least 4 members (excludes halogenated alkanes) is 1. The van der Waals surface area contributed by atoms with Crippen LogP contribution in [-0.2, 0) is 14.3 Å². The molecule has 1 aliphatic rings. The predicted molar refractivity (Wildman–Crippen MR) is 62.3 cm³/mol. The molecule has 1 fully saturated rings. The number of nitrogens with zero attached hydrogens (tertiary/aromatic N) is 1. The maximum absolute atomic E-state index is 11.9. The van der Waals surface area contributed by atoms with E-state index in [0.717, 1.165) is 12.8 Å². The van der Waals surface area contributed by atoms with Crippen molar-refractivity contribution in [3.8, 4) is 0 Å². The van der Waals surface area contributed by atoms with Crippen molar-refractivity contribution in [1.29, 1.82) is 0 Å². The summed E-state index contributed by atoms with van der Waals surface area (Å²) < 4.78 is 10.1. The largest absolute Gasteiger partial charge is 0.444 e. The Balaban J connectivity index is 2.62. The van der Waals surface area contributed by atoms with E-state index < -0.39 is 17.7 Å². The van der Waals surface area contributed by atoms with Gasteiger partial charge in [-0.25, -0.2) is 9.59 Å². The van der Waals surface area contributed by atoms with Crippen molar-refractivity contribution < 1.29 is 19.1 Å². The topological polar surface area (TPSA) is 55.8 Å². The molecule has 5 nitrogen and oxygen atoms in total. The lowest BCUT2D eigenvalue weighted by Gasteiger charge is -2.25. The van der Waals surface area contributed by atoms with E-state index in [0.29, 0.717) is 6.42 Å². The molecule has 0 spiro atoms. The zero-order valence-corrected chi connectivity index (χ0v) is 11.0. The number of cyclic esters (lactones) is 1. The Morgan fingerprint density at radius 1 is 1.53 bits per heavy atom. The van der Waals surface area contributed by atoms with Crippen molar-refractivity contribution >= 4 is 12.1 Å². The van der Waals surface area contributed by atoms with E-state index in [1.165, 1.54) is 4.90 Å². The van der Waals surface area contributed by atoms with E-state index in [-0.39, 0.29) is 12.7 Å². The molecule has 1 atom stereocenters. The van der Waals surface area contributed by atoms with Crippen molar-refractivity contribution in [3.05, 3.63) is 0 Å². The van der Waals surface area contributed by atoms with Gasteiger partial charge < -0.3 is 9.47 Å². The minimum atomic E-state index is -0.558. The number of rotatable bonds is 3. The molecular formula is C12H21NO4. The number of hydrogen-bond acceptors (Lipinski definition) is 4. The molecule has 0 unspecified atom stereocenters. The fourth-order valence-corrected chi connectivity index (χ4v) is 1.62. The number of ether oxygens (including phenoxy) is 2. The molecule has 17 heavy (non-hydrogen) atoms. The number of carbonyl (C=O) groups is 2. The van der Waals surface area contributed by atoms with Crippen LogP contribution in [-0.4, -0.2) is 35.3 Å². The molecule has 5 heteroatoms. The summed E-state index contributed by atoms with van der Waals surface area (Å²) in [4.78, 5) is 24.7. The zero-order valence-electron chi connectivity index (χ0n) is 11.0. The number of hydrogen-bond donors (Lipinski definition) is 0. The molecule has 0 N–H and O–H groups in total. The molecule has 0 aliphatic carbocycles. The minimum Gasteiger partial charge on any atom is -0.444 e. The van der Waals surface area contributed by atoms with Crippen LogP contribution in [0.2, 0.25) is 0 Å². The molecule has 1 heterocycles. The predicted octanol–water partition coefficient (Wildman–Crippen LogP) is 2.30. The lowest BCUT2D eigenvalue weighted by molar-refractivity contribution is -0.139. The van der Waals surface area contributed by atoms with Crippen molar-refractivity contribution in [2.24, 2.45) is 0 Å². The van der Waals surface area contributed by atoms with Gasteiger partial charge in [-0.2, -0.15) is 0 Å². The Labute approximate surface area is 102 Å². The smallest absolute Gasteiger partial charge is 0.413 e. The summed E-state index contributed by atoms with van der Waals surface area (Å²) in [6.45, 7) is 7.43. The average molecular weight is 243 g/mol. The molecule has 98 valence electrons. The second-order valence-corrected chi connectivity index (χ2v) is 5.20. The summed E-state index contributed by atoms with van der Waals surface area (Å²) in [5, 5.41) is 0. The van der Waals surface area contributed by atoms with Gasteiger partial charge in [-0.3, -0.25) is 4.90 Å². The molecule has 0 saturated carbocycles. The van der Waals surface area contributed by atoms with Crippen LogP contribution in [0.1, 0.15) is 47.0 Å². The van der Waals surface area contributed by atoms with Crippen LogP contribution in [0.25, 0.3) is 0 Å². The first-order chi connectivity index (χ1) is 7.85. The van der Waals surface area contributed by atoms with Gasteiger partial charge in [-0.05, 0) is 27.2 Å². The van der Waals surface area contributed by atoms with Crippen LogP contribution < -0.4 is 0 Å². The van der Waals surface area contributed by atoms with E-state index in [9.17, 15) is 9.59 Å². The maximum atomic E-state index is 11.9. The molecule has 0 aromatic heterocycles. The van der Waals surface area contributed by atoms with Crippen LogP contribution in [0.5, 0.6) is 0 Å². The van der Waals surface area contributed by atoms with Crippen LogP contribution in [0.3, 0.4) is 0 Å². The Kier molecular flexibility index (Phi) is 4.37. The van der Waals surface area contributed by atoms with Gasteiger partial charge in [0.25, 0.3) is 0 Å². The minimum absolute atomic E-state index is 0.00211. The van der Waals surface area contributed by atoms with Crippen molar-refractivity contribution in [2.75, 3.05) is 6.73 Å². The Morgan fingerprint density at radius 3 is 2.71 bits per heavy atom. The lowest BCUT2D eigenvalue weighted by Crippen LogP contribution is -2.41. The fourth-order valence-electron chi connectivity index (χ4n) is 1.62. The van der Waals surface area contributed by atoms with Crippen LogP contribution in [0.4, 0.5) is 4.79 Å². The Morgan fingerprint density at radius 2 is 2.18 bits per heavy atom. The first-order valence-corrected chi connectivity index (χ1v) is 6.01. The van der Waals surface area contributed by atoms with Crippen LogP contribution >= 0.6 is 0 Å². The van der Waals surface area contributed by atoms with E-state index in [1.54, 1.807) is 20.8 Å². The van der Waals surface area contributed by atoms with Crippen LogP contribution in [0, 0.1) is 0 Å². The third kappa shape index (κ3) is 3.91. The van der Waals surface area contributed by atoms with Crippen molar-refractivity contribution in [1.82, 2.24) is 4.90 Å². The molecular weight excluding hydrogens is 222 g/mol.